The third-order valence-electron chi connectivity index (χ3n) is 2.74. The Labute approximate surface area is 137 Å². The predicted molar refractivity (Wildman–Crippen MR) is 84.0 cm³/mol. The van der Waals surface area contributed by atoms with Crippen LogP contribution >= 0.6 is 15.9 Å². The fraction of sp³-hybridized carbons (Fsp3) is 0.533. The summed E-state index contributed by atoms with van der Waals surface area (Å²) in [6.07, 6.45) is -1.72. The van der Waals surface area contributed by atoms with Crippen LogP contribution in [0, 0.1) is 5.82 Å². The van der Waals surface area contributed by atoms with Crippen LogP contribution in [0.25, 0.3) is 0 Å². The third kappa shape index (κ3) is 5.90. The van der Waals surface area contributed by atoms with E-state index >= 15 is 0 Å². The van der Waals surface area contributed by atoms with Gasteiger partial charge in [-0.1, -0.05) is 6.07 Å². The molecule has 0 fully saturated rings. The van der Waals surface area contributed by atoms with E-state index in [-0.39, 0.29) is 19.7 Å². The van der Waals surface area contributed by atoms with Crippen molar-refractivity contribution in [2.45, 2.75) is 32.5 Å². The van der Waals surface area contributed by atoms with Gasteiger partial charge in [0.15, 0.2) is 0 Å². The van der Waals surface area contributed by atoms with Gasteiger partial charge in [-0.25, -0.2) is 9.18 Å². The minimum atomic E-state index is -1.08. The standard InChI is InChI=1S/C15H21BrFNO4/c1-15(2,3)22-14(21)18(6-7-19)9-13(20)10-4-5-11(16)12(17)8-10/h4-5,8,13,19-20H,6-7,9H2,1-3H3/t13-/m1/s1. The number of carbonyl (C=O) groups excluding carboxylic acids is 1. The maximum Gasteiger partial charge on any atom is 0.410 e. The van der Waals surface area contributed by atoms with E-state index < -0.39 is 23.6 Å². The molecule has 0 radical (unpaired) electrons. The molecule has 1 aromatic carbocycles. The SMILES string of the molecule is CC(C)(C)OC(=O)N(CCO)C[C@@H](O)c1ccc(Br)c(F)c1. The summed E-state index contributed by atoms with van der Waals surface area (Å²) in [5, 5.41) is 19.2. The number of benzene rings is 1. The molecule has 22 heavy (non-hydrogen) atoms. The zero-order chi connectivity index (χ0) is 16.9. The first-order chi connectivity index (χ1) is 10.1. The van der Waals surface area contributed by atoms with Crippen LogP contribution in [-0.2, 0) is 4.74 Å². The fourth-order valence-electron chi connectivity index (χ4n) is 1.74. The summed E-state index contributed by atoms with van der Waals surface area (Å²) >= 11 is 3.04. The summed E-state index contributed by atoms with van der Waals surface area (Å²) in [5.74, 6) is -0.498. The lowest BCUT2D eigenvalue weighted by Crippen LogP contribution is -2.40. The lowest BCUT2D eigenvalue weighted by molar-refractivity contribution is 0.0109. The van der Waals surface area contributed by atoms with Crippen LogP contribution in [0.4, 0.5) is 9.18 Å². The highest BCUT2D eigenvalue weighted by Gasteiger charge is 2.24. The molecule has 0 saturated carbocycles. The lowest BCUT2D eigenvalue weighted by atomic mass is 10.1. The molecule has 124 valence electrons. The van der Waals surface area contributed by atoms with Gasteiger partial charge in [0.2, 0.25) is 0 Å². The van der Waals surface area contributed by atoms with Gasteiger partial charge >= 0.3 is 6.09 Å². The first-order valence-electron chi connectivity index (χ1n) is 6.86. The van der Waals surface area contributed by atoms with Crippen molar-refractivity contribution in [3.63, 3.8) is 0 Å². The van der Waals surface area contributed by atoms with Gasteiger partial charge in [-0.05, 0) is 54.4 Å². The van der Waals surface area contributed by atoms with E-state index in [0.29, 0.717) is 10.0 Å². The Morgan fingerprint density at radius 3 is 2.59 bits per heavy atom. The molecule has 2 N–H and O–H groups in total. The van der Waals surface area contributed by atoms with Crippen molar-refractivity contribution in [3.8, 4) is 0 Å². The maximum atomic E-state index is 13.5. The number of nitrogens with zero attached hydrogens (tertiary/aromatic N) is 1. The van der Waals surface area contributed by atoms with E-state index in [1.165, 1.54) is 17.0 Å². The second-order valence-corrected chi connectivity index (χ2v) is 6.69. The molecule has 0 heterocycles. The molecule has 0 saturated heterocycles. The molecule has 0 aliphatic carbocycles. The van der Waals surface area contributed by atoms with E-state index in [0.717, 1.165) is 0 Å². The monoisotopic (exact) mass is 377 g/mol. The van der Waals surface area contributed by atoms with Crippen molar-refractivity contribution < 1.29 is 24.1 Å². The first-order valence-corrected chi connectivity index (χ1v) is 7.65. The lowest BCUT2D eigenvalue weighted by Gasteiger charge is -2.28. The normalized spacial score (nSPS) is 12.9. The van der Waals surface area contributed by atoms with Crippen molar-refractivity contribution in [2.75, 3.05) is 19.7 Å². The van der Waals surface area contributed by atoms with Crippen LogP contribution < -0.4 is 0 Å². The molecule has 0 aliphatic rings. The van der Waals surface area contributed by atoms with Gasteiger partial charge in [-0.15, -0.1) is 0 Å². The number of hydrogen-bond acceptors (Lipinski definition) is 4. The van der Waals surface area contributed by atoms with E-state index in [1.54, 1.807) is 26.8 Å². The van der Waals surface area contributed by atoms with Gasteiger partial charge in [-0.3, -0.25) is 0 Å². The molecule has 0 unspecified atom stereocenters. The van der Waals surface area contributed by atoms with E-state index in [9.17, 15) is 14.3 Å². The van der Waals surface area contributed by atoms with Crippen LogP contribution in [0.5, 0.6) is 0 Å². The Hall–Kier alpha value is -1.18. The Morgan fingerprint density at radius 1 is 1.45 bits per heavy atom. The summed E-state index contributed by atoms with van der Waals surface area (Å²) in [6, 6.07) is 4.24. The molecule has 1 aromatic rings. The number of carbonyl (C=O) groups is 1. The maximum absolute atomic E-state index is 13.5. The second-order valence-electron chi connectivity index (χ2n) is 5.84. The molecular formula is C15H21BrFNO4. The predicted octanol–water partition coefficient (Wildman–Crippen LogP) is 2.85. The van der Waals surface area contributed by atoms with E-state index in [2.05, 4.69) is 15.9 Å². The molecule has 1 rings (SSSR count). The summed E-state index contributed by atoms with van der Waals surface area (Å²) in [4.78, 5) is 13.2. The number of amides is 1. The Balaban J connectivity index is 2.80. The quantitative estimate of drug-likeness (QED) is 0.827. The van der Waals surface area contributed by atoms with Crippen LogP contribution in [-0.4, -0.2) is 46.5 Å². The average Bonchev–Trinajstić information content (AvgIpc) is 2.39. The van der Waals surface area contributed by atoms with Crippen LogP contribution in [0.2, 0.25) is 0 Å². The second kappa shape index (κ2) is 7.89. The largest absolute Gasteiger partial charge is 0.444 e. The number of aliphatic hydroxyl groups excluding tert-OH is 2. The Kier molecular flexibility index (Phi) is 6.77. The smallest absolute Gasteiger partial charge is 0.410 e. The molecule has 5 nitrogen and oxygen atoms in total. The van der Waals surface area contributed by atoms with Gasteiger partial charge in [0.05, 0.1) is 23.7 Å². The molecule has 1 atom stereocenters. The Bertz CT molecular complexity index is 519. The van der Waals surface area contributed by atoms with Crippen molar-refractivity contribution in [2.24, 2.45) is 0 Å². The van der Waals surface area contributed by atoms with Crippen molar-refractivity contribution in [3.05, 3.63) is 34.1 Å². The molecule has 0 spiro atoms. The molecule has 1 amide bonds. The highest BCUT2D eigenvalue weighted by Crippen LogP contribution is 2.22. The topological polar surface area (TPSA) is 70.0 Å². The molecule has 0 aromatic heterocycles. The van der Waals surface area contributed by atoms with Crippen LogP contribution in [0.15, 0.2) is 22.7 Å². The van der Waals surface area contributed by atoms with Gasteiger partial charge in [0, 0.05) is 6.54 Å². The number of aliphatic hydroxyl groups is 2. The van der Waals surface area contributed by atoms with Crippen LogP contribution in [0.1, 0.15) is 32.4 Å². The highest BCUT2D eigenvalue weighted by atomic mass is 79.9. The van der Waals surface area contributed by atoms with Gasteiger partial charge < -0.3 is 19.8 Å². The van der Waals surface area contributed by atoms with Gasteiger partial charge in [0.25, 0.3) is 0 Å². The Morgan fingerprint density at radius 2 is 2.09 bits per heavy atom. The van der Waals surface area contributed by atoms with Crippen molar-refractivity contribution in [1.29, 1.82) is 0 Å². The number of halogens is 2. The first kappa shape index (κ1) is 18.9. The molecule has 0 aliphatic heterocycles. The molecule has 0 bridgehead atoms. The van der Waals surface area contributed by atoms with Crippen molar-refractivity contribution in [1.82, 2.24) is 4.90 Å². The van der Waals surface area contributed by atoms with Crippen LogP contribution in [0.3, 0.4) is 0 Å². The highest BCUT2D eigenvalue weighted by molar-refractivity contribution is 9.10. The average molecular weight is 378 g/mol. The third-order valence-corrected chi connectivity index (χ3v) is 3.39. The minimum absolute atomic E-state index is 0.0188. The van der Waals surface area contributed by atoms with E-state index in [1.807, 2.05) is 0 Å². The summed E-state index contributed by atoms with van der Waals surface area (Å²) in [5.41, 5.74) is -0.341. The summed E-state index contributed by atoms with van der Waals surface area (Å²) in [6.45, 7) is 4.83. The summed E-state index contributed by atoms with van der Waals surface area (Å²) < 4.78 is 19.0. The zero-order valence-electron chi connectivity index (χ0n) is 12.8. The number of hydrogen-bond donors (Lipinski definition) is 2. The number of rotatable bonds is 5. The molecule has 7 heteroatoms. The molecular weight excluding hydrogens is 357 g/mol. The van der Waals surface area contributed by atoms with Gasteiger partial charge in [-0.2, -0.15) is 0 Å². The fourth-order valence-corrected chi connectivity index (χ4v) is 1.98. The zero-order valence-corrected chi connectivity index (χ0v) is 14.4. The van der Waals surface area contributed by atoms with E-state index in [4.69, 9.17) is 9.84 Å². The minimum Gasteiger partial charge on any atom is -0.444 e. The summed E-state index contributed by atoms with van der Waals surface area (Å²) in [7, 11) is 0. The van der Waals surface area contributed by atoms with Gasteiger partial charge in [0.1, 0.15) is 11.4 Å². The number of ether oxygens (including phenoxy) is 1. The van der Waals surface area contributed by atoms with Crippen molar-refractivity contribution >= 4 is 22.0 Å².